The zero-order valence-electron chi connectivity index (χ0n) is 14.6. The van der Waals surface area contributed by atoms with Gasteiger partial charge in [-0.2, -0.15) is 0 Å². The van der Waals surface area contributed by atoms with Crippen LogP contribution in [0.2, 0.25) is 0 Å². The molecule has 24 heavy (non-hydrogen) atoms. The summed E-state index contributed by atoms with van der Waals surface area (Å²) in [5.41, 5.74) is -0.113. The van der Waals surface area contributed by atoms with Crippen molar-refractivity contribution in [2.24, 2.45) is 5.41 Å². The second-order valence-electron chi connectivity index (χ2n) is 7.69. The van der Waals surface area contributed by atoms with Crippen molar-refractivity contribution in [2.75, 3.05) is 0 Å². The van der Waals surface area contributed by atoms with Crippen LogP contribution in [-0.2, 0) is 16.0 Å². The van der Waals surface area contributed by atoms with Crippen LogP contribution in [0.25, 0.3) is 0 Å². The Labute approximate surface area is 140 Å². The summed E-state index contributed by atoms with van der Waals surface area (Å²) in [5.74, 6) is -1.25. The van der Waals surface area contributed by atoms with Crippen molar-refractivity contribution in [1.29, 1.82) is 0 Å². The van der Waals surface area contributed by atoms with E-state index in [1.165, 1.54) is 6.08 Å². The molecule has 0 radical (unpaired) electrons. The van der Waals surface area contributed by atoms with Gasteiger partial charge in [0.2, 0.25) is 0 Å². The highest BCUT2D eigenvalue weighted by atomic mass is 16.6. The van der Waals surface area contributed by atoms with Crippen LogP contribution in [0.15, 0.2) is 17.7 Å². The largest absolute Gasteiger partial charge is 0.504 e. The number of esters is 1. The Balaban J connectivity index is 2.27. The molecular weight excluding hydrogens is 308 g/mol. The Morgan fingerprint density at radius 1 is 1.12 bits per heavy atom. The smallest absolute Gasteiger partial charge is 0.316 e. The monoisotopic (exact) mass is 330 g/mol. The lowest BCUT2D eigenvalue weighted by atomic mass is 9.77. The first-order chi connectivity index (χ1) is 11.0. The molecule has 1 heterocycles. The number of benzene rings is 1. The first kappa shape index (κ1) is 16.6. The molecule has 0 saturated carbocycles. The number of aromatic hydroxyl groups is 2. The average molecular weight is 330 g/mol. The number of ketones is 1. The third kappa shape index (κ3) is 2.07. The number of phenolic OH excluding ortho intramolecular Hbond substituents is 2. The van der Waals surface area contributed by atoms with Gasteiger partial charge in [-0.05, 0) is 44.4 Å². The molecule has 0 bridgehead atoms. The minimum Gasteiger partial charge on any atom is -0.504 e. The summed E-state index contributed by atoms with van der Waals surface area (Å²) in [6.45, 7) is 8.95. The van der Waals surface area contributed by atoms with Crippen LogP contribution < -0.4 is 0 Å². The van der Waals surface area contributed by atoms with Gasteiger partial charge in [0.25, 0.3) is 0 Å². The molecule has 1 unspecified atom stereocenters. The Kier molecular flexibility index (Phi) is 3.35. The lowest BCUT2D eigenvalue weighted by Crippen LogP contribution is -2.30. The zero-order valence-corrected chi connectivity index (χ0v) is 14.6. The molecule has 1 saturated heterocycles. The molecule has 1 aliphatic heterocycles. The van der Waals surface area contributed by atoms with Crippen molar-refractivity contribution in [3.8, 4) is 11.5 Å². The molecule has 5 nitrogen and oxygen atoms in total. The fourth-order valence-corrected chi connectivity index (χ4v) is 3.73. The second-order valence-corrected chi connectivity index (χ2v) is 7.69. The van der Waals surface area contributed by atoms with Gasteiger partial charge in [0.1, 0.15) is 5.60 Å². The van der Waals surface area contributed by atoms with Gasteiger partial charge in [-0.25, -0.2) is 0 Å². The Morgan fingerprint density at radius 2 is 1.75 bits per heavy atom. The van der Waals surface area contributed by atoms with E-state index in [4.69, 9.17) is 4.74 Å². The number of carbonyl (C=O) groups excluding carboxylic acids is 2. The summed E-state index contributed by atoms with van der Waals surface area (Å²) in [6.07, 6.45) is 1.60. The summed E-state index contributed by atoms with van der Waals surface area (Å²) in [6, 6.07) is 1.63. The van der Waals surface area contributed by atoms with Gasteiger partial charge < -0.3 is 14.9 Å². The van der Waals surface area contributed by atoms with E-state index in [0.717, 1.165) is 0 Å². The molecule has 128 valence electrons. The summed E-state index contributed by atoms with van der Waals surface area (Å²) in [7, 11) is 0. The molecule has 0 aromatic heterocycles. The van der Waals surface area contributed by atoms with Gasteiger partial charge in [-0.1, -0.05) is 13.8 Å². The summed E-state index contributed by atoms with van der Waals surface area (Å²) in [4.78, 5) is 25.0. The maximum absolute atomic E-state index is 12.8. The maximum Gasteiger partial charge on any atom is 0.316 e. The molecule has 1 aromatic carbocycles. The molecule has 2 N–H and O–H groups in total. The molecular formula is C19H22O5. The van der Waals surface area contributed by atoms with E-state index < -0.39 is 17.0 Å². The van der Waals surface area contributed by atoms with Crippen LogP contribution in [0.4, 0.5) is 0 Å². The van der Waals surface area contributed by atoms with Crippen molar-refractivity contribution in [3.05, 3.63) is 34.4 Å². The minimum atomic E-state index is -1.01. The van der Waals surface area contributed by atoms with Crippen LogP contribution in [0.5, 0.6) is 11.5 Å². The first-order valence-corrected chi connectivity index (χ1v) is 8.07. The normalized spacial score (nSPS) is 25.0. The molecule has 0 amide bonds. The van der Waals surface area contributed by atoms with E-state index >= 15 is 0 Å². The molecule has 1 atom stereocenters. The van der Waals surface area contributed by atoms with E-state index in [9.17, 15) is 19.8 Å². The van der Waals surface area contributed by atoms with E-state index in [-0.39, 0.29) is 29.6 Å². The lowest BCUT2D eigenvalue weighted by Gasteiger charge is -2.26. The van der Waals surface area contributed by atoms with E-state index in [1.54, 1.807) is 26.8 Å². The molecule has 0 spiro atoms. The van der Waals surface area contributed by atoms with Gasteiger partial charge in [0.05, 0.1) is 5.41 Å². The van der Waals surface area contributed by atoms with Crippen LogP contribution in [0, 0.1) is 5.41 Å². The average Bonchev–Trinajstić information content (AvgIpc) is 2.57. The number of allylic oxidation sites excluding steroid dienone is 1. The second kappa shape index (κ2) is 4.85. The number of hydrogen-bond donors (Lipinski definition) is 2. The highest BCUT2D eigenvalue weighted by Gasteiger charge is 2.55. The van der Waals surface area contributed by atoms with Crippen LogP contribution in [0.3, 0.4) is 0 Å². The number of phenols is 2. The number of fused-ring (bicyclic) bond motifs is 2. The Morgan fingerprint density at radius 3 is 2.33 bits per heavy atom. The van der Waals surface area contributed by atoms with Gasteiger partial charge >= 0.3 is 5.97 Å². The predicted molar refractivity (Wildman–Crippen MR) is 88.3 cm³/mol. The van der Waals surface area contributed by atoms with Gasteiger partial charge in [-0.15, -0.1) is 0 Å². The van der Waals surface area contributed by atoms with E-state index in [0.29, 0.717) is 22.3 Å². The standard InChI is InChI=1S/C19H22O5/c1-9(2)10-6-11-12(16(22)15(10)21)8-19(5)14(7-13(11)20)18(3,4)17(23)24-19/h6-7,9,21-22H,8H2,1-5H3. The third-order valence-corrected chi connectivity index (χ3v) is 5.16. The first-order valence-electron chi connectivity index (χ1n) is 8.07. The van der Waals surface area contributed by atoms with Gasteiger partial charge in [0.15, 0.2) is 17.3 Å². The number of carbonyl (C=O) groups is 2. The summed E-state index contributed by atoms with van der Waals surface area (Å²) < 4.78 is 5.57. The van der Waals surface area contributed by atoms with Crippen molar-refractivity contribution < 1.29 is 24.5 Å². The quantitative estimate of drug-likeness (QED) is 0.610. The van der Waals surface area contributed by atoms with Crippen LogP contribution >= 0.6 is 0 Å². The molecule has 3 rings (SSSR count). The predicted octanol–water partition coefficient (Wildman–Crippen LogP) is 3.23. The fraction of sp³-hybridized carbons (Fsp3) is 0.474. The molecule has 2 aliphatic rings. The highest BCUT2D eigenvalue weighted by molar-refractivity contribution is 6.09. The Hall–Kier alpha value is -2.30. The zero-order chi connectivity index (χ0) is 18.0. The number of rotatable bonds is 1. The highest BCUT2D eigenvalue weighted by Crippen LogP contribution is 2.51. The fourth-order valence-electron chi connectivity index (χ4n) is 3.73. The summed E-state index contributed by atoms with van der Waals surface area (Å²) >= 11 is 0. The van der Waals surface area contributed by atoms with E-state index in [1.807, 2.05) is 13.8 Å². The Bertz CT molecular complexity index is 800. The van der Waals surface area contributed by atoms with Crippen molar-refractivity contribution in [1.82, 2.24) is 0 Å². The van der Waals surface area contributed by atoms with Crippen LogP contribution in [0.1, 0.15) is 62.0 Å². The number of hydrogen-bond acceptors (Lipinski definition) is 5. The third-order valence-electron chi connectivity index (χ3n) is 5.16. The van der Waals surface area contributed by atoms with E-state index in [2.05, 4.69) is 0 Å². The van der Waals surface area contributed by atoms with Crippen molar-refractivity contribution in [3.63, 3.8) is 0 Å². The number of ether oxygens (including phenoxy) is 1. The lowest BCUT2D eigenvalue weighted by molar-refractivity contribution is -0.152. The summed E-state index contributed by atoms with van der Waals surface area (Å²) in [5, 5.41) is 20.8. The van der Waals surface area contributed by atoms with Crippen molar-refractivity contribution >= 4 is 11.8 Å². The minimum absolute atomic E-state index is 0.0470. The molecule has 1 fully saturated rings. The molecule has 1 aliphatic carbocycles. The molecule has 5 heteroatoms. The van der Waals surface area contributed by atoms with Crippen molar-refractivity contribution in [2.45, 2.75) is 52.6 Å². The van der Waals surface area contributed by atoms with Gasteiger partial charge in [0, 0.05) is 23.1 Å². The SMILES string of the molecule is CC(C)c1cc2c(c(O)c1O)CC1(C)OC(=O)C(C)(C)C1=CC2=O. The van der Waals surface area contributed by atoms with Gasteiger partial charge in [-0.3, -0.25) is 9.59 Å². The molecule has 1 aromatic rings. The maximum atomic E-state index is 12.8. The topological polar surface area (TPSA) is 83.8 Å². The van der Waals surface area contributed by atoms with Crippen LogP contribution in [-0.4, -0.2) is 27.6 Å².